The van der Waals surface area contributed by atoms with Gasteiger partial charge < -0.3 is 14.0 Å². The van der Waals surface area contributed by atoms with E-state index in [2.05, 4.69) is 33.3 Å². The van der Waals surface area contributed by atoms with E-state index < -0.39 is 5.79 Å². The summed E-state index contributed by atoms with van der Waals surface area (Å²) >= 11 is 0. The molecule has 0 aromatic carbocycles. The summed E-state index contributed by atoms with van der Waals surface area (Å²) in [5.41, 5.74) is 2.98. The van der Waals surface area contributed by atoms with E-state index in [1.165, 1.54) is 0 Å². The summed E-state index contributed by atoms with van der Waals surface area (Å²) in [5.74, 6) is -0.579. The summed E-state index contributed by atoms with van der Waals surface area (Å²) < 4.78 is 14.3. The Bertz CT molecular complexity index is 790. The van der Waals surface area contributed by atoms with Gasteiger partial charge in [-0.2, -0.15) is 0 Å². The van der Waals surface area contributed by atoms with Crippen molar-refractivity contribution in [1.29, 1.82) is 0 Å². The molecule has 0 radical (unpaired) electrons. The number of fused-ring (bicyclic) bond motifs is 2. The van der Waals surface area contributed by atoms with Crippen LogP contribution in [-0.2, 0) is 9.47 Å². The first-order valence-electron chi connectivity index (χ1n) is 7.48. The molecule has 3 atom stereocenters. The van der Waals surface area contributed by atoms with Gasteiger partial charge >= 0.3 is 0 Å². The number of rotatable bonds is 2. The predicted octanol–water partition coefficient (Wildman–Crippen LogP) is 2.93. The van der Waals surface area contributed by atoms with Crippen LogP contribution in [0.3, 0.4) is 0 Å². The van der Waals surface area contributed by atoms with Crippen molar-refractivity contribution >= 4 is 11.0 Å². The third-order valence-electron chi connectivity index (χ3n) is 4.42. The van der Waals surface area contributed by atoms with E-state index in [9.17, 15) is 0 Å². The maximum atomic E-state index is 6.13. The molecule has 1 aliphatic carbocycles. The lowest BCUT2D eigenvalue weighted by atomic mass is 10.1. The van der Waals surface area contributed by atoms with Crippen LogP contribution in [0.5, 0.6) is 0 Å². The zero-order valence-corrected chi connectivity index (χ0v) is 13.0. The van der Waals surface area contributed by atoms with Crippen LogP contribution in [0.2, 0.25) is 0 Å². The number of hydrogen-bond acceptors (Lipinski definition) is 4. The maximum absolute atomic E-state index is 6.13. The van der Waals surface area contributed by atoms with Gasteiger partial charge in [0.1, 0.15) is 24.2 Å². The molecular formula is C17H19N3O2. The highest BCUT2D eigenvalue weighted by Gasteiger charge is 2.50. The van der Waals surface area contributed by atoms with Crippen molar-refractivity contribution in [2.75, 3.05) is 0 Å². The molecule has 5 nitrogen and oxygen atoms in total. The number of nitrogens with zero attached hydrogens (tertiary/aromatic N) is 3. The summed E-state index contributed by atoms with van der Waals surface area (Å²) in [6.07, 6.45) is 7.54. The Morgan fingerprint density at radius 3 is 2.91 bits per heavy atom. The summed E-state index contributed by atoms with van der Waals surface area (Å²) in [4.78, 5) is 8.70. The minimum Gasteiger partial charge on any atom is -0.342 e. The van der Waals surface area contributed by atoms with E-state index >= 15 is 0 Å². The standard InChI is InChI=1S/C17H19N3O2/c1-5-11-8-13(15-14(11)21-17(3,4)22-15)20-7-6-12-10(2)18-9-19-16(12)20/h5-9,13-15H,1H2,2-4H3/t13-,14-,15+/m1/s1. The summed E-state index contributed by atoms with van der Waals surface area (Å²) in [6, 6.07) is 2.10. The van der Waals surface area contributed by atoms with E-state index in [1.54, 1.807) is 6.33 Å². The number of ether oxygens (including phenoxy) is 2. The second kappa shape index (κ2) is 4.51. The topological polar surface area (TPSA) is 49.2 Å². The molecule has 5 heteroatoms. The Hall–Kier alpha value is -1.98. The van der Waals surface area contributed by atoms with Gasteiger partial charge in [0.2, 0.25) is 0 Å². The molecule has 4 rings (SSSR count). The number of aryl methyl sites for hydroxylation is 1. The first-order chi connectivity index (χ1) is 10.5. The summed E-state index contributed by atoms with van der Waals surface area (Å²) in [6.45, 7) is 9.79. The molecule has 1 saturated heterocycles. The molecule has 2 aromatic heterocycles. The van der Waals surface area contributed by atoms with E-state index in [1.807, 2.05) is 33.0 Å². The normalized spacial score (nSPS) is 29.6. The first-order valence-corrected chi connectivity index (χ1v) is 7.48. The fraction of sp³-hybridized carbons (Fsp3) is 0.412. The van der Waals surface area contributed by atoms with E-state index in [4.69, 9.17) is 9.47 Å². The molecule has 0 unspecified atom stereocenters. The molecule has 3 heterocycles. The van der Waals surface area contributed by atoms with Gasteiger partial charge in [0.25, 0.3) is 0 Å². The Morgan fingerprint density at radius 1 is 1.32 bits per heavy atom. The van der Waals surface area contributed by atoms with Crippen molar-refractivity contribution < 1.29 is 9.47 Å². The number of hydrogen-bond donors (Lipinski definition) is 0. The van der Waals surface area contributed by atoms with Crippen molar-refractivity contribution in [2.45, 2.75) is 44.8 Å². The first kappa shape index (κ1) is 13.7. The lowest BCUT2D eigenvalue weighted by Gasteiger charge is -2.22. The lowest BCUT2D eigenvalue weighted by Crippen LogP contribution is -2.27. The van der Waals surface area contributed by atoms with Crippen molar-refractivity contribution in [3.63, 3.8) is 0 Å². The predicted molar refractivity (Wildman–Crippen MR) is 83.4 cm³/mol. The van der Waals surface area contributed by atoms with Crippen molar-refractivity contribution in [3.05, 3.63) is 48.6 Å². The van der Waals surface area contributed by atoms with E-state index in [-0.39, 0.29) is 18.2 Å². The molecular weight excluding hydrogens is 278 g/mol. The molecule has 1 aliphatic heterocycles. The molecule has 2 aromatic rings. The Balaban J connectivity index is 1.83. The molecule has 0 spiro atoms. The van der Waals surface area contributed by atoms with Gasteiger partial charge in [-0.1, -0.05) is 18.7 Å². The van der Waals surface area contributed by atoms with E-state index in [0.717, 1.165) is 22.3 Å². The molecule has 0 saturated carbocycles. The minimum absolute atomic E-state index is 0.0478. The van der Waals surface area contributed by atoms with Gasteiger partial charge in [-0.05, 0) is 32.4 Å². The lowest BCUT2D eigenvalue weighted by molar-refractivity contribution is -0.147. The quantitative estimate of drug-likeness (QED) is 0.855. The van der Waals surface area contributed by atoms with Crippen LogP contribution in [0.25, 0.3) is 11.0 Å². The average Bonchev–Trinajstić information content (AvgIpc) is 3.10. The Labute approximate surface area is 129 Å². The number of aromatic nitrogens is 3. The smallest absolute Gasteiger partial charge is 0.164 e. The highest BCUT2D eigenvalue weighted by Crippen LogP contribution is 2.44. The van der Waals surface area contributed by atoms with Crippen LogP contribution in [0.1, 0.15) is 25.6 Å². The van der Waals surface area contributed by atoms with Crippen LogP contribution < -0.4 is 0 Å². The average molecular weight is 297 g/mol. The van der Waals surface area contributed by atoms with Crippen molar-refractivity contribution in [3.8, 4) is 0 Å². The van der Waals surface area contributed by atoms with Gasteiger partial charge in [0, 0.05) is 11.6 Å². The zero-order valence-electron chi connectivity index (χ0n) is 13.0. The molecule has 1 fully saturated rings. The van der Waals surface area contributed by atoms with Gasteiger partial charge in [0.05, 0.1) is 11.7 Å². The molecule has 114 valence electrons. The fourth-order valence-corrected chi connectivity index (χ4v) is 3.44. The minimum atomic E-state index is -0.579. The second-order valence-electron chi connectivity index (χ2n) is 6.30. The van der Waals surface area contributed by atoms with Crippen molar-refractivity contribution in [1.82, 2.24) is 14.5 Å². The van der Waals surface area contributed by atoms with Crippen LogP contribution in [0.4, 0.5) is 0 Å². The second-order valence-corrected chi connectivity index (χ2v) is 6.30. The highest BCUT2D eigenvalue weighted by atomic mass is 16.8. The zero-order chi connectivity index (χ0) is 15.5. The largest absolute Gasteiger partial charge is 0.342 e. The monoisotopic (exact) mass is 297 g/mol. The maximum Gasteiger partial charge on any atom is 0.164 e. The van der Waals surface area contributed by atoms with Crippen LogP contribution >= 0.6 is 0 Å². The SMILES string of the molecule is C=CC1=C[C@@H](n2ccc3c(C)ncnc32)[C@@H]2OC(C)(C)O[C@H]12. The summed E-state index contributed by atoms with van der Waals surface area (Å²) in [7, 11) is 0. The molecule has 22 heavy (non-hydrogen) atoms. The highest BCUT2D eigenvalue weighted by molar-refractivity contribution is 5.78. The molecule has 2 aliphatic rings. The van der Waals surface area contributed by atoms with Gasteiger partial charge in [-0.15, -0.1) is 0 Å². The molecule has 0 bridgehead atoms. The van der Waals surface area contributed by atoms with Gasteiger partial charge in [0.15, 0.2) is 5.79 Å². The van der Waals surface area contributed by atoms with Crippen LogP contribution in [-0.4, -0.2) is 32.5 Å². The molecule has 0 N–H and O–H groups in total. The Kier molecular flexibility index (Phi) is 2.80. The molecule has 0 amide bonds. The van der Waals surface area contributed by atoms with Gasteiger partial charge in [-0.3, -0.25) is 0 Å². The van der Waals surface area contributed by atoms with Crippen molar-refractivity contribution in [2.24, 2.45) is 0 Å². The Morgan fingerprint density at radius 2 is 2.14 bits per heavy atom. The summed E-state index contributed by atoms with van der Waals surface area (Å²) in [5, 5.41) is 1.07. The third kappa shape index (κ3) is 1.86. The van der Waals surface area contributed by atoms with E-state index in [0.29, 0.717) is 0 Å². The van der Waals surface area contributed by atoms with Gasteiger partial charge in [-0.25, -0.2) is 9.97 Å². The third-order valence-corrected chi connectivity index (χ3v) is 4.42. The fourth-order valence-electron chi connectivity index (χ4n) is 3.44. The van der Waals surface area contributed by atoms with Crippen LogP contribution in [0, 0.1) is 6.92 Å². The van der Waals surface area contributed by atoms with Crippen LogP contribution in [0.15, 0.2) is 42.9 Å².